The van der Waals surface area contributed by atoms with E-state index in [1.807, 2.05) is 6.92 Å². The fourth-order valence-corrected chi connectivity index (χ4v) is 3.19. The summed E-state index contributed by atoms with van der Waals surface area (Å²) in [5, 5.41) is 12.5. The van der Waals surface area contributed by atoms with Gasteiger partial charge in [-0.1, -0.05) is 6.92 Å². The number of ether oxygens (including phenoxy) is 1. The maximum Gasteiger partial charge on any atom is 0.271 e. The van der Waals surface area contributed by atoms with Crippen molar-refractivity contribution < 1.29 is 9.84 Å². The summed E-state index contributed by atoms with van der Waals surface area (Å²) in [6.07, 6.45) is 3.92. The van der Waals surface area contributed by atoms with Crippen molar-refractivity contribution in [3.05, 3.63) is 50.6 Å². The first-order valence-electron chi connectivity index (χ1n) is 8.31. The zero-order valence-electron chi connectivity index (χ0n) is 14.1. The SMILES string of the molecule is CCc1cc(NCc2cc3c(nc2OC)CCC3)c(=O)[nH]c1CO. The van der Waals surface area contributed by atoms with Gasteiger partial charge in [-0.2, -0.15) is 0 Å². The van der Waals surface area contributed by atoms with Gasteiger partial charge in [0.05, 0.1) is 13.7 Å². The molecule has 0 aliphatic heterocycles. The number of aliphatic hydroxyl groups is 1. The van der Waals surface area contributed by atoms with Crippen molar-refractivity contribution >= 4 is 5.69 Å². The summed E-state index contributed by atoms with van der Waals surface area (Å²) in [7, 11) is 1.62. The summed E-state index contributed by atoms with van der Waals surface area (Å²) in [6.45, 7) is 2.29. The number of hydrogen-bond donors (Lipinski definition) is 3. The highest BCUT2D eigenvalue weighted by Gasteiger charge is 2.17. The number of aromatic amines is 1. The minimum Gasteiger partial charge on any atom is -0.481 e. The van der Waals surface area contributed by atoms with E-state index in [1.54, 1.807) is 13.2 Å². The largest absolute Gasteiger partial charge is 0.481 e. The lowest BCUT2D eigenvalue weighted by molar-refractivity contribution is 0.275. The van der Waals surface area contributed by atoms with E-state index in [4.69, 9.17) is 4.74 Å². The molecule has 0 saturated carbocycles. The molecule has 1 aliphatic carbocycles. The molecule has 24 heavy (non-hydrogen) atoms. The molecule has 0 fully saturated rings. The van der Waals surface area contributed by atoms with E-state index >= 15 is 0 Å². The first kappa shape index (κ1) is 16.5. The molecule has 3 N–H and O–H groups in total. The third-order valence-electron chi connectivity index (χ3n) is 4.51. The maximum absolute atomic E-state index is 12.2. The number of hydrogen-bond acceptors (Lipinski definition) is 5. The molecule has 0 saturated heterocycles. The van der Waals surface area contributed by atoms with E-state index in [2.05, 4.69) is 21.4 Å². The summed E-state index contributed by atoms with van der Waals surface area (Å²) >= 11 is 0. The molecule has 1 aliphatic rings. The van der Waals surface area contributed by atoms with Crippen LogP contribution < -0.4 is 15.6 Å². The molecule has 6 heteroatoms. The first-order chi connectivity index (χ1) is 11.7. The fourth-order valence-electron chi connectivity index (χ4n) is 3.19. The lowest BCUT2D eigenvalue weighted by atomic mass is 10.1. The Balaban J connectivity index is 1.85. The molecule has 2 aromatic rings. The van der Waals surface area contributed by atoms with Crippen molar-refractivity contribution in [1.29, 1.82) is 0 Å². The van der Waals surface area contributed by atoms with Gasteiger partial charge < -0.3 is 20.1 Å². The Morgan fingerprint density at radius 3 is 2.88 bits per heavy atom. The average Bonchev–Trinajstić information content (AvgIpc) is 3.06. The third-order valence-corrected chi connectivity index (χ3v) is 4.51. The van der Waals surface area contributed by atoms with E-state index in [0.29, 0.717) is 23.8 Å². The summed E-state index contributed by atoms with van der Waals surface area (Å²) < 4.78 is 5.40. The number of fused-ring (bicyclic) bond motifs is 1. The second-order valence-corrected chi connectivity index (χ2v) is 6.00. The molecular formula is C18H23N3O3. The number of rotatable bonds is 6. The number of pyridine rings is 2. The Kier molecular flexibility index (Phi) is 4.85. The third kappa shape index (κ3) is 3.14. The standard InChI is InChI=1S/C18H23N3O3/c1-3-11-8-15(17(23)20-16(11)10-22)19-9-13-7-12-5-4-6-14(12)21-18(13)24-2/h7-8,19,22H,3-6,9-10H2,1-2H3,(H,20,23). The summed E-state index contributed by atoms with van der Waals surface area (Å²) in [5.74, 6) is 0.613. The van der Waals surface area contributed by atoms with Crippen LogP contribution in [-0.4, -0.2) is 22.2 Å². The van der Waals surface area contributed by atoms with Gasteiger partial charge in [0.2, 0.25) is 5.88 Å². The van der Waals surface area contributed by atoms with Crippen molar-refractivity contribution in [3.8, 4) is 5.88 Å². The number of anilines is 1. The lowest BCUT2D eigenvalue weighted by Gasteiger charge is -2.13. The van der Waals surface area contributed by atoms with E-state index < -0.39 is 0 Å². The molecule has 0 atom stereocenters. The zero-order chi connectivity index (χ0) is 17.1. The molecule has 0 bridgehead atoms. The second kappa shape index (κ2) is 7.05. The van der Waals surface area contributed by atoms with Gasteiger partial charge in [0.1, 0.15) is 5.69 Å². The Morgan fingerprint density at radius 2 is 2.17 bits per heavy atom. The molecule has 0 aromatic carbocycles. The van der Waals surface area contributed by atoms with Gasteiger partial charge in [-0.3, -0.25) is 4.79 Å². The quantitative estimate of drug-likeness (QED) is 0.754. The summed E-state index contributed by atoms with van der Waals surface area (Å²) in [5.41, 5.74) is 5.10. The Labute approximate surface area is 140 Å². The highest BCUT2D eigenvalue weighted by molar-refractivity contribution is 5.47. The van der Waals surface area contributed by atoms with Crippen molar-refractivity contribution in [1.82, 2.24) is 9.97 Å². The van der Waals surface area contributed by atoms with Crippen LogP contribution in [0.15, 0.2) is 16.9 Å². The van der Waals surface area contributed by atoms with Crippen LogP contribution in [0.25, 0.3) is 0 Å². The predicted molar refractivity (Wildman–Crippen MR) is 92.5 cm³/mol. The van der Waals surface area contributed by atoms with Gasteiger partial charge in [-0.05, 0) is 48.9 Å². The lowest BCUT2D eigenvalue weighted by Crippen LogP contribution is -2.18. The van der Waals surface area contributed by atoms with Crippen LogP contribution in [0.3, 0.4) is 0 Å². The van der Waals surface area contributed by atoms with Gasteiger partial charge in [0.25, 0.3) is 5.56 Å². The van der Waals surface area contributed by atoms with E-state index in [0.717, 1.165) is 42.5 Å². The van der Waals surface area contributed by atoms with Crippen LogP contribution in [0.5, 0.6) is 5.88 Å². The number of methoxy groups -OCH3 is 1. The van der Waals surface area contributed by atoms with Crippen LogP contribution in [0.2, 0.25) is 0 Å². The Bertz CT molecular complexity index is 799. The zero-order valence-corrected chi connectivity index (χ0v) is 14.1. The number of aryl methyl sites for hydroxylation is 3. The van der Waals surface area contributed by atoms with E-state index in [9.17, 15) is 9.90 Å². The number of H-pyrrole nitrogens is 1. The number of nitrogens with zero attached hydrogens (tertiary/aromatic N) is 1. The Morgan fingerprint density at radius 1 is 1.33 bits per heavy atom. The van der Waals surface area contributed by atoms with Gasteiger partial charge in [0, 0.05) is 23.5 Å². The predicted octanol–water partition coefficient (Wildman–Crippen LogP) is 1.93. The van der Waals surface area contributed by atoms with Crippen molar-refractivity contribution in [2.45, 2.75) is 45.8 Å². The molecule has 2 aromatic heterocycles. The molecule has 0 amide bonds. The highest BCUT2D eigenvalue weighted by atomic mass is 16.5. The first-order valence-corrected chi connectivity index (χ1v) is 8.31. The van der Waals surface area contributed by atoms with E-state index in [-0.39, 0.29) is 12.2 Å². The van der Waals surface area contributed by atoms with E-state index in [1.165, 1.54) is 5.56 Å². The minimum atomic E-state index is -0.232. The van der Waals surface area contributed by atoms with Gasteiger partial charge in [-0.25, -0.2) is 4.98 Å². The minimum absolute atomic E-state index is 0.165. The monoisotopic (exact) mass is 329 g/mol. The maximum atomic E-state index is 12.2. The normalized spacial score (nSPS) is 13.0. The topological polar surface area (TPSA) is 87.2 Å². The van der Waals surface area contributed by atoms with Crippen LogP contribution in [0.4, 0.5) is 5.69 Å². The van der Waals surface area contributed by atoms with Crippen LogP contribution in [0, 0.1) is 0 Å². The van der Waals surface area contributed by atoms with Crippen LogP contribution >= 0.6 is 0 Å². The van der Waals surface area contributed by atoms with Gasteiger partial charge >= 0.3 is 0 Å². The fraction of sp³-hybridized carbons (Fsp3) is 0.444. The average molecular weight is 329 g/mol. The summed E-state index contributed by atoms with van der Waals surface area (Å²) in [4.78, 5) is 19.5. The smallest absolute Gasteiger partial charge is 0.271 e. The molecule has 2 heterocycles. The second-order valence-electron chi connectivity index (χ2n) is 6.00. The molecular weight excluding hydrogens is 306 g/mol. The summed E-state index contributed by atoms with van der Waals surface area (Å²) in [6, 6.07) is 3.93. The molecule has 0 unspecified atom stereocenters. The van der Waals surface area contributed by atoms with Crippen molar-refractivity contribution in [2.75, 3.05) is 12.4 Å². The van der Waals surface area contributed by atoms with Crippen LogP contribution in [0.1, 0.15) is 41.4 Å². The molecule has 3 rings (SSSR count). The highest BCUT2D eigenvalue weighted by Crippen LogP contribution is 2.27. The molecule has 0 spiro atoms. The number of nitrogens with one attached hydrogen (secondary N) is 2. The number of aromatic nitrogens is 2. The van der Waals surface area contributed by atoms with Gasteiger partial charge in [-0.15, -0.1) is 0 Å². The number of aliphatic hydroxyl groups excluding tert-OH is 1. The van der Waals surface area contributed by atoms with Crippen molar-refractivity contribution in [2.24, 2.45) is 0 Å². The Hall–Kier alpha value is -2.34. The van der Waals surface area contributed by atoms with Crippen LogP contribution in [-0.2, 0) is 32.4 Å². The van der Waals surface area contributed by atoms with Crippen molar-refractivity contribution in [3.63, 3.8) is 0 Å². The molecule has 6 nitrogen and oxygen atoms in total. The molecule has 0 radical (unpaired) electrons. The molecule has 128 valence electrons. The van der Waals surface area contributed by atoms with Gasteiger partial charge in [0.15, 0.2) is 0 Å².